The lowest BCUT2D eigenvalue weighted by molar-refractivity contribution is -0.124. The van der Waals surface area contributed by atoms with Gasteiger partial charge in [-0.05, 0) is 79.0 Å². The Kier molecular flexibility index (Phi) is 3.20. The molecule has 4 aliphatic carbocycles. The van der Waals surface area contributed by atoms with Gasteiger partial charge in [-0.1, -0.05) is 24.3 Å². The second-order valence-electron chi connectivity index (χ2n) is 8.58. The van der Waals surface area contributed by atoms with Crippen LogP contribution in [0.1, 0.15) is 12.0 Å². The Labute approximate surface area is 163 Å². The Bertz CT molecular complexity index is 988. The molecular formula is C24H21NO3. The lowest BCUT2D eigenvalue weighted by Gasteiger charge is -2.37. The summed E-state index contributed by atoms with van der Waals surface area (Å²) >= 11 is 0. The number of anilines is 1. The summed E-state index contributed by atoms with van der Waals surface area (Å²) in [4.78, 5) is 27.7. The number of hydrogen-bond donors (Lipinski definition) is 0. The van der Waals surface area contributed by atoms with Gasteiger partial charge in [0.25, 0.3) is 0 Å². The van der Waals surface area contributed by atoms with Gasteiger partial charge in [0.1, 0.15) is 11.5 Å². The van der Waals surface area contributed by atoms with E-state index >= 15 is 0 Å². The van der Waals surface area contributed by atoms with E-state index in [1.807, 2.05) is 55.5 Å². The third-order valence-electron chi connectivity index (χ3n) is 6.98. The fourth-order valence-electron chi connectivity index (χ4n) is 5.69. The van der Waals surface area contributed by atoms with E-state index in [0.717, 1.165) is 11.3 Å². The van der Waals surface area contributed by atoms with Crippen molar-refractivity contribution in [2.45, 2.75) is 13.3 Å². The van der Waals surface area contributed by atoms with Gasteiger partial charge < -0.3 is 4.74 Å². The van der Waals surface area contributed by atoms with Crippen LogP contribution in [0.4, 0.5) is 5.69 Å². The molecule has 1 heterocycles. The molecule has 0 N–H and O–H groups in total. The summed E-state index contributed by atoms with van der Waals surface area (Å²) in [6.45, 7) is 2.02. The van der Waals surface area contributed by atoms with Gasteiger partial charge in [0.2, 0.25) is 11.8 Å². The number of hydrogen-bond acceptors (Lipinski definition) is 3. The molecule has 1 saturated heterocycles. The highest BCUT2D eigenvalue weighted by atomic mass is 16.5. The van der Waals surface area contributed by atoms with E-state index in [1.54, 1.807) is 0 Å². The summed E-state index contributed by atoms with van der Waals surface area (Å²) in [5, 5.41) is 0. The zero-order valence-corrected chi connectivity index (χ0v) is 15.6. The highest BCUT2D eigenvalue weighted by Crippen LogP contribution is 2.65. The van der Waals surface area contributed by atoms with Gasteiger partial charge in [0, 0.05) is 0 Å². The molecule has 0 aromatic heterocycles. The number of carbonyl (C=O) groups is 2. The van der Waals surface area contributed by atoms with Crippen molar-refractivity contribution in [2.75, 3.05) is 4.90 Å². The zero-order chi connectivity index (χ0) is 19.0. The van der Waals surface area contributed by atoms with Gasteiger partial charge in [-0.25, -0.2) is 0 Å². The fraction of sp³-hybridized carbons (Fsp3) is 0.333. The summed E-state index contributed by atoms with van der Waals surface area (Å²) in [5.41, 5.74) is 1.78. The van der Waals surface area contributed by atoms with Crippen LogP contribution in [-0.2, 0) is 9.59 Å². The molecule has 28 heavy (non-hydrogen) atoms. The van der Waals surface area contributed by atoms with Crippen molar-refractivity contribution < 1.29 is 14.3 Å². The van der Waals surface area contributed by atoms with Crippen LogP contribution in [0.3, 0.4) is 0 Å². The third kappa shape index (κ3) is 2.17. The number of rotatable bonds is 3. The van der Waals surface area contributed by atoms with E-state index in [-0.39, 0.29) is 35.5 Å². The molecule has 7 rings (SSSR count). The molecular weight excluding hydrogens is 350 g/mol. The van der Waals surface area contributed by atoms with Gasteiger partial charge in [-0.3, -0.25) is 14.5 Å². The first-order valence-corrected chi connectivity index (χ1v) is 10.0. The smallest absolute Gasteiger partial charge is 0.238 e. The van der Waals surface area contributed by atoms with Crippen molar-refractivity contribution >= 4 is 17.5 Å². The Morgan fingerprint density at radius 1 is 0.857 bits per heavy atom. The fourth-order valence-corrected chi connectivity index (χ4v) is 5.69. The van der Waals surface area contributed by atoms with Gasteiger partial charge in [-0.2, -0.15) is 0 Å². The van der Waals surface area contributed by atoms with Gasteiger partial charge >= 0.3 is 0 Å². The number of ether oxygens (including phenoxy) is 1. The predicted molar refractivity (Wildman–Crippen MR) is 105 cm³/mol. The molecule has 2 bridgehead atoms. The number of benzene rings is 2. The van der Waals surface area contributed by atoms with Crippen LogP contribution in [0.2, 0.25) is 0 Å². The number of nitrogens with zero attached hydrogens (tertiary/aromatic N) is 1. The Morgan fingerprint density at radius 2 is 1.50 bits per heavy atom. The summed E-state index contributed by atoms with van der Waals surface area (Å²) in [5.74, 6) is 2.86. The number of carbonyl (C=O) groups excluding carboxylic acids is 2. The Morgan fingerprint density at radius 3 is 2.11 bits per heavy atom. The minimum Gasteiger partial charge on any atom is -0.457 e. The van der Waals surface area contributed by atoms with Crippen LogP contribution < -0.4 is 9.64 Å². The minimum atomic E-state index is -0.158. The summed E-state index contributed by atoms with van der Waals surface area (Å²) < 4.78 is 5.89. The lowest BCUT2D eigenvalue weighted by atomic mass is 9.63. The van der Waals surface area contributed by atoms with Gasteiger partial charge in [0.05, 0.1) is 17.5 Å². The number of amides is 2. The lowest BCUT2D eigenvalue weighted by Crippen LogP contribution is -2.40. The standard InChI is InChI=1S/C24H21NO3/c1-13-3-2-4-16(11-13)28-15-7-5-14(6-8-15)25-23(26)21-17-9-10-18(20-12-19(17)20)22(21)24(25)27/h2-11,17-22H,12H2,1H3/t17-,18-,19-,20+,21-,22+/m0/s1. The summed E-state index contributed by atoms with van der Waals surface area (Å²) in [6.07, 6.45) is 5.59. The van der Waals surface area contributed by atoms with Crippen molar-refractivity contribution in [2.24, 2.45) is 35.5 Å². The monoisotopic (exact) mass is 371 g/mol. The van der Waals surface area contributed by atoms with E-state index in [1.165, 1.54) is 11.3 Å². The van der Waals surface area contributed by atoms with E-state index in [0.29, 0.717) is 23.3 Å². The SMILES string of the molecule is Cc1cccc(Oc2ccc(N3C(=O)[C@@H]4[C@H]5C=C[C@@H]([C@@H]6C[C@H]56)[C@@H]4C3=O)cc2)c1. The normalized spacial score (nSPS) is 34.4. The quantitative estimate of drug-likeness (QED) is 0.595. The van der Waals surface area contributed by atoms with Crippen molar-refractivity contribution in [3.63, 3.8) is 0 Å². The molecule has 2 amide bonds. The Hall–Kier alpha value is -2.88. The number of imide groups is 1. The maximum atomic E-state index is 13.2. The van der Waals surface area contributed by atoms with Gasteiger partial charge in [0.15, 0.2) is 0 Å². The van der Waals surface area contributed by atoms with Crippen LogP contribution in [0.25, 0.3) is 0 Å². The second-order valence-corrected chi connectivity index (χ2v) is 8.58. The molecule has 2 saturated carbocycles. The van der Waals surface area contributed by atoms with E-state index in [2.05, 4.69) is 12.2 Å². The van der Waals surface area contributed by atoms with Crippen LogP contribution >= 0.6 is 0 Å². The van der Waals surface area contributed by atoms with Crippen LogP contribution in [0.5, 0.6) is 11.5 Å². The molecule has 3 fully saturated rings. The molecule has 2 aromatic carbocycles. The number of aryl methyl sites for hydroxylation is 1. The molecule has 6 atom stereocenters. The number of allylic oxidation sites excluding steroid dienone is 2. The topological polar surface area (TPSA) is 46.6 Å². The largest absolute Gasteiger partial charge is 0.457 e. The molecule has 1 aliphatic heterocycles. The second kappa shape index (κ2) is 5.57. The molecule has 4 heteroatoms. The summed E-state index contributed by atoms with van der Waals surface area (Å²) in [7, 11) is 0. The third-order valence-corrected chi connectivity index (χ3v) is 6.98. The molecule has 4 nitrogen and oxygen atoms in total. The van der Waals surface area contributed by atoms with E-state index in [9.17, 15) is 9.59 Å². The van der Waals surface area contributed by atoms with Crippen LogP contribution in [0.15, 0.2) is 60.7 Å². The minimum absolute atomic E-state index is 0.0212. The van der Waals surface area contributed by atoms with E-state index < -0.39 is 0 Å². The average Bonchev–Trinajstić information content (AvgIpc) is 3.47. The molecule has 2 aromatic rings. The molecule has 5 aliphatic rings. The maximum Gasteiger partial charge on any atom is 0.238 e. The highest BCUT2D eigenvalue weighted by molar-refractivity contribution is 6.22. The van der Waals surface area contributed by atoms with Crippen molar-refractivity contribution in [3.8, 4) is 11.5 Å². The highest BCUT2D eigenvalue weighted by Gasteiger charge is 2.67. The van der Waals surface area contributed by atoms with Crippen molar-refractivity contribution in [1.29, 1.82) is 0 Å². The molecule has 0 spiro atoms. The van der Waals surface area contributed by atoms with E-state index in [4.69, 9.17) is 4.74 Å². The first-order chi connectivity index (χ1) is 13.6. The van der Waals surface area contributed by atoms with Crippen molar-refractivity contribution in [1.82, 2.24) is 0 Å². The Balaban J connectivity index is 1.27. The zero-order valence-electron chi connectivity index (χ0n) is 15.6. The van der Waals surface area contributed by atoms with Crippen LogP contribution in [-0.4, -0.2) is 11.8 Å². The summed E-state index contributed by atoms with van der Waals surface area (Å²) in [6, 6.07) is 15.1. The maximum absolute atomic E-state index is 13.2. The van der Waals surface area contributed by atoms with Gasteiger partial charge in [-0.15, -0.1) is 0 Å². The average molecular weight is 371 g/mol. The molecule has 0 unspecified atom stereocenters. The molecule has 140 valence electrons. The van der Waals surface area contributed by atoms with Crippen molar-refractivity contribution in [3.05, 3.63) is 66.2 Å². The van der Waals surface area contributed by atoms with Crippen LogP contribution in [0, 0.1) is 42.4 Å². The predicted octanol–water partition coefficient (Wildman–Crippen LogP) is 4.34. The first-order valence-electron chi connectivity index (χ1n) is 10.0. The first kappa shape index (κ1) is 16.1. The molecule has 0 radical (unpaired) electrons.